The van der Waals surface area contributed by atoms with E-state index in [1.54, 1.807) is 0 Å². The van der Waals surface area contributed by atoms with E-state index in [1.807, 2.05) is 0 Å². The van der Waals surface area contributed by atoms with E-state index >= 15 is 0 Å². The fourth-order valence-electron chi connectivity index (χ4n) is 8.49. The molecule has 9 aromatic carbocycles. The summed E-state index contributed by atoms with van der Waals surface area (Å²) in [5, 5.41) is 6.25. The van der Waals surface area contributed by atoms with Crippen LogP contribution in [0.25, 0.3) is 89.3 Å². The Balaban J connectivity index is 0.00000166. The van der Waals surface area contributed by atoms with Crippen LogP contribution in [-0.4, -0.2) is 9.13 Å². The summed E-state index contributed by atoms with van der Waals surface area (Å²) in [4.78, 5) is 0. The van der Waals surface area contributed by atoms with Gasteiger partial charge >= 0.3 is 21.1 Å². The van der Waals surface area contributed by atoms with Gasteiger partial charge in [0, 0.05) is 0 Å². The molecule has 0 aliphatic heterocycles. The number of aromatic nitrogens is 4. The van der Waals surface area contributed by atoms with Gasteiger partial charge in [-0.15, -0.1) is 0 Å². The van der Waals surface area contributed by atoms with Crippen LogP contribution >= 0.6 is 0 Å². The first-order chi connectivity index (χ1) is 30.8. The molecule has 0 spiro atoms. The average Bonchev–Trinajstić information content (AvgIpc) is 3.95. The van der Waals surface area contributed by atoms with Crippen molar-refractivity contribution in [1.29, 1.82) is 5.26 Å². The van der Waals surface area contributed by atoms with Crippen molar-refractivity contribution >= 4 is 22.1 Å². The Kier molecular flexibility index (Phi) is 11.6. The van der Waals surface area contributed by atoms with Gasteiger partial charge in [0.15, 0.2) is 0 Å². The number of hydrogen-bond acceptors (Lipinski definition) is 1. The molecule has 0 amide bonds. The van der Waals surface area contributed by atoms with Gasteiger partial charge in [0.2, 0.25) is 0 Å². The SMILES string of the molecule is [C-]#N.[Pt+4].[c-]1c(-n2[c-][n+](-c3c(-c4ccccc4)cccc3-c3ccccc3)c3ccccc32)cccc1-n1[c-][n+](-c2c(-c3ccccc3)cccc2-c2ccccc2)c2ccccc21. The number of rotatable bonds is 8. The van der Waals surface area contributed by atoms with Crippen LogP contribution in [0.15, 0.2) is 224 Å². The van der Waals surface area contributed by atoms with Crippen molar-refractivity contribution in [2.75, 3.05) is 0 Å². The first-order valence-corrected chi connectivity index (χ1v) is 20.4. The van der Waals surface area contributed by atoms with Crippen LogP contribution in [0.1, 0.15) is 0 Å². The summed E-state index contributed by atoms with van der Waals surface area (Å²) in [7, 11) is 0. The smallest absolute Gasteiger partial charge is 0.512 e. The molecule has 0 unspecified atom stereocenters. The second kappa shape index (κ2) is 18.0. The standard InChI is InChI=1S/C56H37N4.CN.Pt/c1-5-20-41(21-6-1)47-30-18-31-48(42-22-7-2-8-23-42)55(47)59-39-57(51-34-13-15-36-53(51)59)45-28-17-29-46(38-45)58-40-60(54-37-16-14-35-52(54)58)56-49(43-24-9-3-10-25-43)32-19-33-50(56)44-26-11-4-12-27-44;1-2;/h1-37H;;/q2*-1;+4. The van der Waals surface area contributed by atoms with Gasteiger partial charge in [-0.25, -0.2) is 0 Å². The normalized spacial score (nSPS) is 10.8. The molecule has 0 bridgehead atoms. The van der Waals surface area contributed by atoms with Crippen LogP contribution in [0.5, 0.6) is 0 Å². The van der Waals surface area contributed by atoms with Crippen molar-refractivity contribution in [3.8, 4) is 67.3 Å². The minimum Gasteiger partial charge on any atom is -0.512 e. The summed E-state index contributed by atoms with van der Waals surface area (Å²) in [6.07, 6.45) is 7.64. The van der Waals surface area contributed by atoms with Gasteiger partial charge in [0.05, 0.1) is 33.4 Å². The van der Waals surface area contributed by atoms with Crippen molar-refractivity contribution in [2.45, 2.75) is 0 Å². The van der Waals surface area contributed by atoms with Gasteiger partial charge in [0.25, 0.3) is 12.7 Å². The molecule has 0 saturated heterocycles. The first-order valence-electron chi connectivity index (χ1n) is 20.4. The molecule has 0 aliphatic rings. The quantitative estimate of drug-likeness (QED) is 0.110. The Morgan fingerprint density at radius 3 is 0.952 bits per heavy atom. The van der Waals surface area contributed by atoms with Crippen molar-refractivity contribution in [1.82, 2.24) is 9.13 Å². The van der Waals surface area contributed by atoms with Crippen molar-refractivity contribution in [2.24, 2.45) is 0 Å². The van der Waals surface area contributed by atoms with E-state index < -0.39 is 0 Å². The maximum absolute atomic E-state index is 6.25. The molecular weight excluding hydrogens is 950 g/mol. The third kappa shape index (κ3) is 7.48. The van der Waals surface area contributed by atoms with Gasteiger partial charge in [-0.3, -0.25) is 9.13 Å². The maximum Gasteiger partial charge on any atom is 4.00 e. The summed E-state index contributed by atoms with van der Waals surface area (Å²) in [5.41, 5.74) is 17.1. The molecule has 0 atom stereocenters. The van der Waals surface area contributed by atoms with E-state index in [9.17, 15) is 0 Å². The van der Waals surface area contributed by atoms with E-state index in [0.29, 0.717) is 0 Å². The number of para-hydroxylation sites is 6. The van der Waals surface area contributed by atoms with Crippen molar-refractivity contribution in [3.05, 3.63) is 250 Å². The van der Waals surface area contributed by atoms with E-state index in [2.05, 4.69) is 261 Å². The summed E-state index contributed by atoms with van der Waals surface area (Å²) in [5.74, 6) is 0. The predicted octanol–water partition coefficient (Wildman–Crippen LogP) is 12.3. The third-order valence-corrected chi connectivity index (χ3v) is 11.2. The fraction of sp³-hybridized carbons (Fsp3) is 0. The number of benzene rings is 9. The zero-order chi connectivity index (χ0) is 41.8. The molecule has 2 heterocycles. The molecule has 11 aromatic rings. The zero-order valence-electron chi connectivity index (χ0n) is 33.9. The molecule has 6 heteroatoms. The molecule has 0 fully saturated rings. The molecule has 0 N–H and O–H groups in total. The van der Waals surface area contributed by atoms with Gasteiger partial charge in [0.1, 0.15) is 0 Å². The number of hydrogen-bond donors (Lipinski definition) is 0. The van der Waals surface area contributed by atoms with Crippen molar-refractivity contribution in [3.63, 3.8) is 0 Å². The van der Waals surface area contributed by atoms with Crippen LogP contribution in [0, 0.1) is 30.6 Å². The molecule has 2 aromatic heterocycles. The Bertz CT molecular complexity index is 3020. The van der Waals surface area contributed by atoms with Gasteiger partial charge < -0.3 is 21.0 Å². The predicted molar refractivity (Wildman–Crippen MR) is 246 cm³/mol. The van der Waals surface area contributed by atoms with E-state index in [-0.39, 0.29) is 21.1 Å². The number of imidazole rings is 2. The fourth-order valence-corrected chi connectivity index (χ4v) is 8.49. The molecular formula is C57H37N5Pt+2. The Morgan fingerprint density at radius 1 is 0.333 bits per heavy atom. The minimum atomic E-state index is 0. The molecule has 298 valence electrons. The maximum atomic E-state index is 6.25. The molecule has 0 radical (unpaired) electrons. The monoisotopic (exact) mass is 986 g/mol. The first kappa shape index (κ1) is 40.5. The summed E-state index contributed by atoms with van der Waals surface area (Å²) in [6.45, 7) is 4.75. The van der Waals surface area contributed by atoms with Crippen molar-refractivity contribution < 1.29 is 30.2 Å². The van der Waals surface area contributed by atoms with Crippen LogP contribution < -0.4 is 9.13 Å². The molecule has 5 nitrogen and oxygen atoms in total. The molecule has 0 saturated carbocycles. The topological polar surface area (TPSA) is 41.4 Å². The van der Waals surface area contributed by atoms with E-state index in [4.69, 9.17) is 11.8 Å². The zero-order valence-corrected chi connectivity index (χ0v) is 36.2. The van der Waals surface area contributed by atoms with E-state index in [1.165, 1.54) is 0 Å². The Morgan fingerprint density at radius 2 is 0.619 bits per heavy atom. The number of nitrogens with zero attached hydrogens (tertiary/aromatic N) is 5. The average molecular weight is 987 g/mol. The summed E-state index contributed by atoms with van der Waals surface area (Å²) in [6, 6.07) is 82.7. The molecule has 11 rings (SSSR count). The van der Waals surface area contributed by atoms with Crippen LogP contribution in [0.4, 0.5) is 0 Å². The van der Waals surface area contributed by atoms with E-state index in [0.717, 1.165) is 89.3 Å². The van der Waals surface area contributed by atoms with Crippen LogP contribution in [-0.2, 0) is 21.1 Å². The largest absolute Gasteiger partial charge is 4.00 e. The molecule has 63 heavy (non-hydrogen) atoms. The summed E-state index contributed by atoms with van der Waals surface area (Å²) >= 11 is 0. The Labute approximate surface area is 381 Å². The second-order valence-corrected chi connectivity index (χ2v) is 14.8. The second-order valence-electron chi connectivity index (χ2n) is 14.8. The summed E-state index contributed by atoms with van der Waals surface area (Å²) < 4.78 is 8.70. The Hall–Kier alpha value is -7.90. The van der Waals surface area contributed by atoms with Gasteiger partial charge in [-0.05, 0) is 55.9 Å². The minimum absolute atomic E-state index is 0. The van der Waals surface area contributed by atoms with Gasteiger partial charge in [-0.2, -0.15) is 24.3 Å². The van der Waals surface area contributed by atoms with Crippen LogP contribution in [0.2, 0.25) is 0 Å². The molecule has 0 aliphatic carbocycles. The number of fused-ring (bicyclic) bond motifs is 2. The van der Waals surface area contributed by atoms with Crippen LogP contribution in [0.3, 0.4) is 0 Å². The third-order valence-electron chi connectivity index (χ3n) is 11.2. The van der Waals surface area contributed by atoms with Gasteiger partial charge in [-0.1, -0.05) is 206 Å².